The van der Waals surface area contributed by atoms with Crippen LogP contribution >= 0.6 is 0 Å². The lowest BCUT2D eigenvalue weighted by Crippen LogP contribution is -2.56. The summed E-state index contributed by atoms with van der Waals surface area (Å²) in [6.07, 6.45) is 16.1. The molecule has 1 aromatic rings. The second-order valence-electron chi connectivity index (χ2n) is 10.5. The van der Waals surface area contributed by atoms with Gasteiger partial charge in [-0.15, -0.1) is 0 Å². The molecule has 2 aliphatic heterocycles. The van der Waals surface area contributed by atoms with Gasteiger partial charge in [0.2, 0.25) is 0 Å². The van der Waals surface area contributed by atoms with E-state index in [0.717, 1.165) is 39.0 Å². The molecule has 0 amide bonds. The predicted octanol–water partition coefficient (Wildman–Crippen LogP) is 3.25. The van der Waals surface area contributed by atoms with Crippen LogP contribution in [0.25, 0.3) is 0 Å². The predicted molar refractivity (Wildman–Crippen MR) is 127 cm³/mol. The molecule has 2 fully saturated rings. The average Bonchev–Trinajstić information content (AvgIpc) is 2.78. The molecule has 5 nitrogen and oxygen atoms in total. The Morgan fingerprint density at radius 3 is 2.97 bits per heavy atom. The smallest absolute Gasteiger partial charge is 0.0607 e. The fourth-order valence-electron chi connectivity index (χ4n) is 6.53. The zero-order valence-corrected chi connectivity index (χ0v) is 19.3. The van der Waals surface area contributed by atoms with Gasteiger partial charge in [0.15, 0.2) is 0 Å². The molecule has 4 aliphatic rings. The Morgan fingerprint density at radius 1 is 1.29 bits per heavy atom. The molecule has 2 unspecified atom stereocenters. The van der Waals surface area contributed by atoms with E-state index in [4.69, 9.17) is 10.7 Å². The van der Waals surface area contributed by atoms with E-state index in [1.807, 2.05) is 6.20 Å². The summed E-state index contributed by atoms with van der Waals surface area (Å²) in [6, 6.07) is 5.68. The highest BCUT2D eigenvalue weighted by atomic mass is 15.2. The number of hydrogen-bond donors (Lipinski definition) is 2. The second-order valence-corrected chi connectivity index (χ2v) is 10.5. The van der Waals surface area contributed by atoms with Crippen molar-refractivity contribution in [2.45, 2.75) is 63.6 Å². The number of aryl methyl sites for hydroxylation is 1. The van der Waals surface area contributed by atoms with Crippen LogP contribution in [0.4, 0.5) is 0 Å². The molecule has 5 heteroatoms. The molecule has 3 heterocycles. The van der Waals surface area contributed by atoms with Crippen molar-refractivity contribution in [2.75, 3.05) is 33.2 Å². The summed E-state index contributed by atoms with van der Waals surface area (Å²) in [6.45, 7) is 6.85. The van der Waals surface area contributed by atoms with E-state index in [1.165, 1.54) is 36.9 Å². The van der Waals surface area contributed by atoms with Gasteiger partial charge in [-0.05, 0) is 63.3 Å². The van der Waals surface area contributed by atoms with Crippen molar-refractivity contribution in [2.24, 2.45) is 17.1 Å². The maximum absolute atomic E-state index is 6.19. The number of likely N-dealkylation sites (tertiary alicyclic amines) is 1. The normalized spacial score (nSPS) is 33.7. The zero-order valence-electron chi connectivity index (χ0n) is 19.3. The summed E-state index contributed by atoms with van der Waals surface area (Å²) in [5, 5.41) is 3.89. The standard InChI is InChI=1S/C26H39N5/c1-26-16-22(18-30(2)23-9-3-6-19-7-5-13-28-25(19)23)29-17-20(26)8-4-10-24(26)31-14-11-21(27)12-15-31/h4-5,7-8,10,13,20-23,29H,3,6,9,11-12,14-18,27H2,1-2H3/t20-,22-,23?,26?/m0/s1. The van der Waals surface area contributed by atoms with Crippen LogP contribution in [0.15, 0.2) is 42.3 Å². The van der Waals surface area contributed by atoms with Gasteiger partial charge >= 0.3 is 0 Å². The summed E-state index contributed by atoms with van der Waals surface area (Å²) in [4.78, 5) is 9.97. The Labute approximate surface area is 187 Å². The van der Waals surface area contributed by atoms with Gasteiger partial charge in [-0.3, -0.25) is 9.88 Å². The quantitative estimate of drug-likeness (QED) is 0.782. The van der Waals surface area contributed by atoms with E-state index in [1.54, 1.807) is 5.70 Å². The van der Waals surface area contributed by atoms with Gasteiger partial charge in [-0.2, -0.15) is 0 Å². The van der Waals surface area contributed by atoms with Crippen molar-refractivity contribution in [1.29, 1.82) is 0 Å². The van der Waals surface area contributed by atoms with Gasteiger partial charge in [-0.25, -0.2) is 0 Å². The van der Waals surface area contributed by atoms with E-state index in [9.17, 15) is 0 Å². The van der Waals surface area contributed by atoms with Crippen LogP contribution in [0, 0.1) is 11.3 Å². The molecule has 0 saturated carbocycles. The molecule has 5 rings (SSSR count). The third-order valence-electron chi connectivity index (χ3n) is 8.38. The molecule has 0 aromatic carbocycles. The van der Waals surface area contributed by atoms with E-state index in [2.05, 4.69) is 59.4 Å². The zero-order chi connectivity index (χ0) is 21.4. The van der Waals surface area contributed by atoms with Crippen LogP contribution < -0.4 is 11.1 Å². The molecule has 0 bridgehead atoms. The molecular weight excluding hydrogens is 382 g/mol. The van der Waals surface area contributed by atoms with Gasteiger partial charge in [0.25, 0.3) is 0 Å². The van der Waals surface area contributed by atoms with Crippen molar-refractivity contribution in [1.82, 2.24) is 20.1 Å². The minimum absolute atomic E-state index is 0.204. The first-order chi connectivity index (χ1) is 15.0. The van der Waals surface area contributed by atoms with E-state index in [-0.39, 0.29) is 5.41 Å². The Bertz CT molecular complexity index is 840. The van der Waals surface area contributed by atoms with Gasteiger partial charge in [-0.1, -0.05) is 25.1 Å². The number of nitrogens with two attached hydrogens (primary N) is 1. The van der Waals surface area contributed by atoms with Crippen LogP contribution in [-0.4, -0.2) is 60.1 Å². The molecule has 31 heavy (non-hydrogen) atoms. The molecule has 168 valence electrons. The maximum Gasteiger partial charge on any atom is 0.0607 e. The van der Waals surface area contributed by atoms with Gasteiger partial charge < -0.3 is 16.0 Å². The number of nitrogens with zero attached hydrogens (tertiary/aromatic N) is 3. The molecule has 2 saturated heterocycles. The van der Waals surface area contributed by atoms with Crippen LogP contribution in [0.5, 0.6) is 0 Å². The molecule has 3 N–H and O–H groups in total. The van der Waals surface area contributed by atoms with Crippen molar-refractivity contribution < 1.29 is 0 Å². The third kappa shape index (κ3) is 4.08. The monoisotopic (exact) mass is 421 g/mol. The number of aromatic nitrogens is 1. The first kappa shape index (κ1) is 21.2. The van der Waals surface area contributed by atoms with Crippen molar-refractivity contribution in [3.63, 3.8) is 0 Å². The summed E-state index contributed by atoms with van der Waals surface area (Å²) in [5.74, 6) is 0.571. The Hall–Kier alpha value is -1.69. The molecule has 1 aromatic heterocycles. The summed E-state index contributed by atoms with van der Waals surface area (Å²) < 4.78 is 0. The minimum atomic E-state index is 0.204. The first-order valence-electron chi connectivity index (χ1n) is 12.3. The van der Waals surface area contributed by atoms with E-state index >= 15 is 0 Å². The Balaban J connectivity index is 1.29. The van der Waals surface area contributed by atoms with Crippen LogP contribution in [0.1, 0.15) is 56.3 Å². The fourth-order valence-corrected chi connectivity index (χ4v) is 6.53. The highest BCUT2D eigenvalue weighted by molar-refractivity contribution is 5.30. The van der Waals surface area contributed by atoms with Crippen LogP contribution in [0.3, 0.4) is 0 Å². The van der Waals surface area contributed by atoms with Crippen molar-refractivity contribution in [3.05, 3.63) is 53.5 Å². The number of fused-ring (bicyclic) bond motifs is 2. The van der Waals surface area contributed by atoms with Crippen LogP contribution in [-0.2, 0) is 6.42 Å². The maximum atomic E-state index is 6.19. The lowest BCUT2D eigenvalue weighted by atomic mass is 9.65. The van der Waals surface area contributed by atoms with Crippen LogP contribution in [0.2, 0.25) is 0 Å². The number of piperidine rings is 2. The highest BCUT2D eigenvalue weighted by Gasteiger charge is 2.45. The summed E-state index contributed by atoms with van der Waals surface area (Å²) >= 11 is 0. The lowest BCUT2D eigenvalue weighted by Gasteiger charge is -2.51. The fraction of sp³-hybridized carbons (Fsp3) is 0.654. The van der Waals surface area contributed by atoms with Gasteiger partial charge in [0.1, 0.15) is 0 Å². The van der Waals surface area contributed by atoms with Gasteiger partial charge in [0.05, 0.1) is 11.7 Å². The van der Waals surface area contributed by atoms with Crippen molar-refractivity contribution in [3.8, 4) is 0 Å². The van der Waals surface area contributed by atoms with Crippen molar-refractivity contribution >= 4 is 0 Å². The number of likely N-dealkylation sites (N-methyl/N-ethyl adjacent to an activating group) is 1. The Morgan fingerprint density at radius 2 is 2.13 bits per heavy atom. The third-order valence-corrected chi connectivity index (χ3v) is 8.38. The van der Waals surface area contributed by atoms with Gasteiger partial charge in [0, 0.05) is 61.5 Å². The number of allylic oxidation sites excluding steroid dienone is 3. The molecule has 0 radical (unpaired) electrons. The second kappa shape index (κ2) is 8.68. The molecular formula is C26H39N5. The van der Waals surface area contributed by atoms with E-state index in [0.29, 0.717) is 24.0 Å². The number of hydrogen-bond acceptors (Lipinski definition) is 5. The molecule has 4 atom stereocenters. The first-order valence-corrected chi connectivity index (χ1v) is 12.3. The average molecular weight is 422 g/mol. The number of rotatable bonds is 4. The highest BCUT2D eigenvalue weighted by Crippen LogP contribution is 2.47. The molecule has 0 spiro atoms. The number of nitrogens with one attached hydrogen (secondary N) is 1. The minimum Gasteiger partial charge on any atom is -0.374 e. The van der Waals surface area contributed by atoms with E-state index < -0.39 is 0 Å². The SMILES string of the molecule is CN(C[C@@H]1CC2(C)C(N3CCC(N)CC3)=CC=C[C@H]2CN1)C1CCCc2cccnc21. The largest absolute Gasteiger partial charge is 0.374 e. The Kier molecular flexibility index (Phi) is 5.93. The summed E-state index contributed by atoms with van der Waals surface area (Å²) in [7, 11) is 2.30. The lowest BCUT2D eigenvalue weighted by molar-refractivity contribution is 0.0894. The molecule has 2 aliphatic carbocycles. The number of pyridine rings is 1. The summed E-state index contributed by atoms with van der Waals surface area (Å²) in [5.41, 5.74) is 10.7. The topological polar surface area (TPSA) is 57.4 Å².